The maximum absolute atomic E-state index is 5.91. The first-order valence-corrected chi connectivity index (χ1v) is 7.44. The second-order valence-electron chi connectivity index (χ2n) is 5.57. The Bertz CT molecular complexity index is 522. The van der Waals surface area contributed by atoms with Crippen molar-refractivity contribution in [3.63, 3.8) is 0 Å². The standard InChI is InChI=1S/C17H25N3O/c1-19(2)12-7-13-21-14-16(15-8-5-4-6-9-15)17-10-11-18-20(17)3/h4-6,8-11,16H,7,12-14H2,1-3H3. The van der Waals surface area contributed by atoms with Crippen molar-refractivity contribution >= 4 is 0 Å². The molecular formula is C17H25N3O. The Kier molecular flexibility index (Phi) is 5.96. The molecule has 2 aromatic rings. The normalized spacial score (nSPS) is 12.8. The van der Waals surface area contributed by atoms with Gasteiger partial charge in [-0.3, -0.25) is 4.68 Å². The second-order valence-corrected chi connectivity index (χ2v) is 5.57. The van der Waals surface area contributed by atoms with Gasteiger partial charge in [-0.1, -0.05) is 30.3 Å². The zero-order valence-electron chi connectivity index (χ0n) is 13.2. The Labute approximate surface area is 127 Å². The van der Waals surface area contributed by atoms with Crippen LogP contribution < -0.4 is 0 Å². The summed E-state index contributed by atoms with van der Waals surface area (Å²) in [5.41, 5.74) is 2.46. The van der Waals surface area contributed by atoms with Gasteiger partial charge in [0.15, 0.2) is 0 Å². The van der Waals surface area contributed by atoms with E-state index in [4.69, 9.17) is 4.74 Å². The highest BCUT2D eigenvalue weighted by atomic mass is 16.5. The lowest BCUT2D eigenvalue weighted by atomic mass is 9.96. The summed E-state index contributed by atoms with van der Waals surface area (Å²) < 4.78 is 7.84. The van der Waals surface area contributed by atoms with Gasteiger partial charge in [-0.25, -0.2) is 0 Å². The van der Waals surface area contributed by atoms with E-state index in [9.17, 15) is 0 Å². The molecule has 0 fully saturated rings. The molecule has 0 aliphatic carbocycles. The molecule has 1 heterocycles. The molecular weight excluding hydrogens is 262 g/mol. The topological polar surface area (TPSA) is 30.3 Å². The molecule has 114 valence electrons. The fraction of sp³-hybridized carbons (Fsp3) is 0.471. The first-order chi connectivity index (χ1) is 10.2. The number of hydrogen-bond acceptors (Lipinski definition) is 3. The average Bonchev–Trinajstić information content (AvgIpc) is 2.89. The van der Waals surface area contributed by atoms with Crippen molar-refractivity contribution in [2.45, 2.75) is 12.3 Å². The van der Waals surface area contributed by atoms with Crippen LogP contribution in [0.4, 0.5) is 0 Å². The molecule has 0 aliphatic rings. The lowest BCUT2D eigenvalue weighted by Gasteiger charge is -2.18. The number of rotatable bonds is 8. The van der Waals surface area contributed by atoms with Gasteiger partial charge in [-0.15, -0.1) is 0 Å². The molecule has 1 atom stereocenters. The van der Waals surface area contributed by atoms with Crippen LogP contribution in [0.1, 0.15) is 23.6 Å². The predicted octanol–water partition coefficient (Wildman–Crippen LogP) is 2.52. The van der Waals surface area contributed by atoms with Crippen molar-refractivity contribution in [3.05, 3.63) is 53.9 Å². The molecule has 0 spiro atoms. The van der Waals surface area contributed by atoms with Gasteiger partial charge in [0.05, 0.1) is 6.61 Å². The van der Waals surface area contributed by atoms with E-state index in [1.165, 1.54) is 11.3 Å². The third-order valence-electron chi connectivity index (χ3n) is 3.60. The maximum atomic E-state index is 5.91. The van der Waals surface area contributed by atoms with E-state index >= 15 is 0 Å². The van der Waals surface area contributed by atoms with Crippen LogP contribution in [0.2, 0.25) is 0 Å². The van der Waals surface area contributed by atoms with Gasteiger partial charge in [0.25, 0.3) is 0 Å². The number of hydrogen-bond donors (Lipinski definition) is 0. The van der Waals surface area contributed by atoms with Crippen molar-refractivity contribution < 1.29 is 4.74 Å². The molecule has 1 aromatic carbocycles. The van der Waals surface area contributed by atoms with E-state index in [0.29, 0.717) is 6.61 Å². The molecule has 0 saturated heterocycles. The van der Waals surface area contributed by atoms with Crippen molar-refractivity contribution in [3.8, 4) is 0 Å². The lowest BCUT2D eigenvalue weighted by Crippen LogP contribution is -2.17. The molecule has 4 nitrogen and oxygen atoms in total. The molecule has 1 unspecified atom stereocenters. The Morgan fingerprint density at radius 2 is 1.95 bits per heavy atom. The second kappa shape index (κ2) is 7.96. The van der Waals surface area contributed by atoms with Gasteiger partial charge >= 0.3 is 0 Å². The van der Waals surface area contributed by atoms with Gasteiger partial charge in [-0.2, -0.15) is 5.10 Å². The summed E-state index contributed by atoms with van der Waals surface area (Å²) in [5, 5.41) is 4.29. The number of ether oxygens (including phenoxy) is 1. The highest BCUT2D eigenvalue weighted by Gasteiger charge is 2.17. The minimum absolute atomic E-state index is 0.234. The van der Waals surface area contributed by atoms with Gasteiger partial charge in [0.1, 0.15) is 0 Å². The zero-order chi connectivity index (χ0) is 15.1. The van der Waals surface area contributed by atoms with Gasteiger partial charge in [0.2, 0.25) is 0 Å². The van der Waals surface area contributed by atoms with Crippen molar-refractivity contribution in [1.29, 1.82) is 0 Å². The molecule has 2 rings (SSSR count). The summed E-state index contributed by atoms with van der Waals surface area (Å²) in [7, 11) is 6.15. The molecule has 0 radical (unpaired) electrons. The van der Waals surface area contributed by atoms with Crippen LogP contribution in [-0.4, -0.2) is 48.5 Å². The monoisotopic (exact) mass is 287 g/mol. The molecule has 0 N–H and O–H groups in total. The first-order valence-electron chi connectivity index (χ1n) is 7.44. The smallest absolute Gasteiger partial charge is 0.0590 e. The van der Waals surface area contributed by atoms with Crippen molar-refractivity contribution in [2.75, 3.05) is 33.9 Å². The van der Waals surface area contributed by atoms with Crippen LogP contribution >= 0.6 is 0 Å². The molecule has 0 aliphatic heterocycles. The van der Waals surface area contributed by atoms with Crippen LogP contribution in [0, 0.1) is 0 Å². The van der Waals surface area contributed by atoms with Gasteiger partial charge in [-0.05, 0) is 38.7 Å². The fourth-order valence-corrected chi connectivity index (χ4v) is 2.45. The number of nitrogens with zero attached hydrogens (tertiary/aromatic N) is 3. The Morgan fingerprint density at radius 3 is 2.57 bits per heavy atom. The molecule has 4 heteroatoms. The molecule has 21 heavy (non-hydrogen) atoms. The Balaban J connectivity index is 1.99. The number of benzene rings is 1. The van der Waals surface area contributed by atoms with Gasteiger partial charge < -0.3 is 9.64 Å². The maximum Gasteiger partial charge on any atom is 0.0590 e. The molecule has 0 amide bonds. The predicted molar refractivity (Wildman–Crippen MR) is 85.5 cm³/mol. The molecule has 1 aromatic heterocycles. The third kappa shape index (κ3) is 4.69. The lowest BCUT2D eigenvalue weighted by molar-refractivity contribution is 0.118. The van der Waals surface area contributed by atoms with Crippen LogP contribution in [0.25, 0.3) is 0 Å². The van der Waals surface area contributed by atoms with Gasteiger partial charge in [0, 0.05) is 31.5 Å². The van der Waals surface area contributed by atoms with E-state index in [1.54, 1.807) is 0 Å². The minimum Gasteiger partial charge on any atom is -0.380 e. The van der Waals surface area contributed by atoms with E-state index in [0.717, 1.165) is 19.6 Å². The van der Waals surface area contributed by atoms with Crippen LogP contribution in [0.5, 0.6) is 0 Å². The van der Waals surface area contributed by atoms with Crippen molar-refractivity contribution in [2.24, 2.45) is 7.05 Å². The molecule has 0 bridgehead atoms. The number of aromatic nitrogens is 2. The SMILES string of the molecule is CN(C)CCCOCC(c1ccccc1)c1ccnn1C. The van der Waals surface area contributed by atoms with Crippen molar-refractivity contribution in [1.82, 2.24) is 14.7 Å². The Morgan fingerprint density at radius 1 is 1.19 bits per heavy atom. The quantitative estimate of drug-likeness (QED) is 0.699. The summed E-state index contributed by atoms with van der Waals surface area (Å²) in [5.74, 6) is 0.234. The molecule has 0 saturated carbocycles. The first kappa shape index (κ1) is 15.7. The van der Waals surface area contributed by atoms with E-state index in [-0.39, 0.29) is 5.92 Å². The zero-order valence-corrected chi connectivity index (χ0v) is 13.2. The summed E-state index contributed by atoms with van der Waals surface area (Å²) in [6.07, 6.45) is 2.90. The van der Waals surface area contributed by atoms with Crippen LogP contribution in [0.15, 0.2) is 42.6 Å². The summed E-state index contributed by atoms with van der Waals surface area (Å²) in [6, 6.07) is 12.6. The third-order valence-corrected chi connectivity index (χ3v) is 3.60. The van der Waals surface area contributed by atoms with Crippen LogP contribution in [-0.2, 0) is 11.8 Å². The largest absolute Gasteiger partial charge is 0.380 e. The fourth-order valence-electron chi connectivity index (χ4n) is 2.45. The van der Waals surface area contributed by atoms with Crippen LogP contribution in [0.3, 0.4) is 0 Å². The average molecular weight is 287 g/mol. The minimum atomic E-state index is 0.234. The van der Waals surface area contributed by atoms with E-state index in [2.05, 4.69) is 54.4 Å². The van der Waals surface area contributed by atoms with E-state index in [1.807, 2.05) is 24.0 Å². The number of aryl methyl sites for hydroxylation is 1. The highest BCUT2D eigenvalue weighted by molar-refractivity contribution is 5.28. The summed E-state index contributed by atoms with van der Waals surface area (Å²) in [4.78, 5) is 2.18. The Hall–Kier alpha value is -1.65. The summed E-state index contributed by atoms with van der Waals surface area (Å²) >= 11 is 0. The van der Waals surface area contributed by atoms with E-state index < -0.39 is 0 Å². The summed E-state index contributed by atoms with van der Waals surface area (Å²) in [6.45, 7) is 2.54. The highest BCUT2D eigenvalue weighted by Crippen LogP contribution is 2.24.